The van der Waals surface area contributed by atoms with Crippen LogP contribution in [0.4, 0.5) is 4.39 Å². The first-order valence-electron chi connectivity index (χ1n) is 7.41. The number of nitrogens with zero attached hydrogens (tertiary/aromatic N) is 2. The van der Waals surface area contributed by atoms with Crippen LogP contribution in [0.25, 0.3) is 11.3 Å². The van der Waals surface area contributed by atoms with Gasteiger partial charge in [-0.15, -0.1) is 0 Å². The Labute approximate surface area is 137 Å². The van der Waals surface area contributed by atoms with E-state index in [1.165, 1.54) is 12.1 Å². The predicted octanol–water partition coefficient (Wildman–Crippen LogP) is 3.69. The minimum Gasteiger partial charge on any atom is -0.496 e. The van der Waals surface area contributed by atoms with Gasteiger partial charge in [-0.2, -0.15) is 5.10 Å². The number of aromatic nitrogens is 2. The molecule has 1 N–H and O–H groups in total. The number of benzene rings is 1. The summed E-state index contributed by atoms with van der Waals surface area (Å²) in [6.07, 6.45) is 2.06. The van der Waals surface area contributed by atoms with Gasteiger partial charge in [0.2, 0.25) is 0 Å². The summed E-state index contributed by atoms with van der Waals surface area (Å²) < 4.78 is 21.9. The fourth-order valence-corrected chi connectivity index (χ4v) is 3.42. The van der Waals surface area contributed by atoms with E-state index in [0.717, 1.165) is 47.4 Å². The van der Waals surface area contributed by atoms with E-state index in [-0.39, 0.29) is 5.82 Å². The number of ether oxygens (including phenoxy) is 1. The Hall–Kier alpha value is -1.40. The molecule has 4 nitrogen and oxygen atoms in total. The molecule has 0 saturated carbocycles. The van der Waals surface area contributed by atoms with Crippen LogP contribution in [0.3, 0.4) is 0 Å². The molecule has 3 rings (SSSR count). The maximum Gasteiger partial charge on any atom is 0.131 e. The van der Waals surface area contributed by atoms with Gasteiger partial charge in [0.1, 0.15) is 11.6 Å². The highest BCUT2D eigenvalue weighted by molar-refractivity contribution is 9.10. The number of halogens is 2. The third-order valence-electron chi connectivity index (χ3n) is 4.09. The van der Waals surface area contributed by atoms with Crippen molar-refractivity contribution in [1.29, 1.82) is 0 Å². The molecule has 0 atom stereocenters. The summed E-state index contributed by atoms with van der Waals surface area (Å²) >= 11 is 3.64. The number of hydrogen-bond acceptors (Lipinski definition) is 3. The van der Waals surface area contributed by atoms with Gasteiger partial charge in [-0.25, -0.2) is 4.39 Å². The van der Waals surface area contributed by atoms with Crippen LogP contribution in [-0.2, 0) is 0 Å². The standard InChI is InChI=1S/C16H19BrFN3O/c1-10-15(17)16(13-4-3-11(18)9-14(13)22-2)21(20-10)12-5-7-19-8-6-12/h3-4,9,12,19H,5-8H2,1-2H3. The fraction of sp³-hybridized carbons (Fsp3) is 0.438. The van der Waals surface area contributed by atoms with E-state index in [9.17, 15) is 4.39 Å². The molecule has 0 aliphatic carbocycles. The molecule has 22 heavy (non-hydrogen) atoms. The van der Waals surface area contributed by atoms with E-state index in [2.05, 4.69) is 25.9 Å². The van der Waals surface area contributed by atoms with Gasteiger partial charge >= 0.3 is 0 Å². The van der Waals surface area contributed by atoms with Crippen LogP contribution >= 0.6 is 15.9 Å². The zero-order chi connectivity index (χ0) is 15.7. The molecule has 2 heterocycles. The highest BCUT2D eigenvalue weighted by atomic mass is 79.9. The number of rotatable bonds is 3. The molecule has 6 heteroatoms. The van der Waals surface area contributed by atoms with Gasteiger partial charge in [0.25, 0.3) is 0 Å². The van der Waals surface area contributed by atoms with Crippen molar-refractivity contribution in [2.45, 2.75) is 25.8 Å². The molecular formula is C16H19BrFN3O. The van der Waals surface area contributed by atoms with Crippen molar-refractivity contribution in [3.63, 3.8) is 0 Å². The van der Waals surface area contributed by atoms with Gasteiger partial charge in [0, 0.05) is 11.6 Å². The molecule has 0 unspecified atom stereocenters. The van der Waals surface area contributed by atoms with E-state index in [0.29, 0.717) is 11.8 Å². The van der Waals surface area contributed by atoms with Crippen molar-refractivity contribution < 1.29 is 9.13 Å². The third-order valence-corrected chi connectivity index (χ3v) is 5.04. The molecule has 118 valence electrons. The largest absolute Gasteiger partial charge is 0.496 e. The van der Waals surface area contributed by atoms with E-state index in [1.807, 2.05) is 6.92 Å². The van der Waals surface area contributed by atoms with Gasteiger partial charge in [-0.05, 0) is 60.9 Å². The lowest BCUT2D eigenvalue weighted by Crippen LogP contribution is -2.30. The van der Waals surface area contributed by atoms with E-state index in [4.69, 9.17) is 9.84 Å². The molecule has 1 aromatic heterocycles. The van der Waals surface area contributed by atoms with Crippen molar-refractivity contribution in [3.05, 3.63) is 34.2 Å². The Kier molecular flexibility index (Phi) is 4.49. The smallest absolute Gasteiger partial charge is 0.131 e. The van der Waals surface area contributed by atoms with Crippen LogP contribution in [0.15, 0.2) is 22.7 Å². The first-order valence-corrected chi connectivity index (χ1v) is 8.20. The molecule has 1 fully saturated rings. The molecule has 1 aliphatic rings. The summed E-state index contributed by atoms with van der Waals surface area (Å²) in [6.45, 7) is 3.95. The van der Waals surface area contributed by atoms with Crippen molar-refractivity contribution in [2.24, 2.45) is 0 Å². The average molecular weight is 368 g/mol. The minimum absolute atomic E-state index is 0.304. The summed E-state index contributed by atoms with van der Waals surface area (Å²) in [5, 5.41) is 8.07. The minimum atomic E-state index is -0.304. The molecule has 1 aromatic carbocycles. The molecule has 1 aliphatic heterocycles. The van der Waals surface area contributed by atoms with E-state index < -0.39 is 0 Å². The van der Waals surface area contributed by atoms with Crippen molar-refractivity contribution in [2.75, 3.05) is 20.2 Å². The van der Waals surface area contributed by atoms with Gasteiger partial charge in [-0.3, -0.25) is 4.68 Å². The van der Waals surface area contributed by atoms with Gasteiger partial charge < -0.3 is 10.1 Å². The second-order valence-corrected chi connectivity index (χ2v) is 6.31. The lowest BCUT2D eigenvalue weighted by molar-refractivity contribution is 0.344. The maximum atomic E-state index is 13.5. The Bertz CT molecular complexity index is 680. The Morgan fingerprint density at radius 1 is 1.36 bits per heavy atom. The molecular weight excluding hydrogens is 349 g/mol. The van der Waals surface area contributed by atoms with Crippen LogP contribution in [-0.4, -0.2) is 30.0 Å². The van der Waals surface area contributed by atoms with Gasteiger partial charge in [0.05, 0.1) is 29.0 Å². The Balaban J connectivity index is 2.13. The number of piperidine rings is 1. The molecule has 0 bridgehead atoms. The summed E-state index contributed by atoms with van der Waals surface area (Å²) in [6, 6.07) is 4.97. The Morgan fingerprint density at radius 2 is 2.09 bits per heavy atom. The number of nitrogens with one attached hydrogen (secondary N) is 1. The first-order chi connectivity index (χ1) is 10.6. The monoisotopic (exact) mass is 367 g/mol. The third kappa shape index (κ3) is 2.77. The lowest BCUT2D eigenvalue weighted by Gasteiger charge is -2.25. The van der Waals surface area contributed by atoms with Crippen LogP contribution in [0.1, 0.15) is 24.6 Å². The van der Waals surface area contributed by atoms with E-state index >= 15 is 0 Å². The summed E-state index contributed by atoms with van der Waals surface area (Å²) in [4.78, 5) is 0. The van der Waals surface area contributed by atoms with Crippen LogP contribution in [0.5, 0.6) is 5.75 Å². The summed E-state index contributed by atoms with van der Waals surface area (Å²) in [7, 11) is 1.56. The van der Waals surface area contributed by atoms with Crippen LogP contribution in [0.2, 0.25) is 0 Å². The zero-order valence-corrected chi connectivity index (χ0v) is 14.3. The van der Waals surface area contributed by atoms with Crippen molar-refractivity contribution in [1.82, 2.24) is 15.1 Å². The van der Waals surface area contributed by atoms with Gasteiger partial charge in [-0.1, -0.05) is 0 Å². The summed E-state index contributed by atoms with van der Waals surface area (Å²) in [5.74, 6) is 0.220. The van der Waals surface area contributed by atoms with Gasteiger partial charge in [0.15, 0.2) is 0 Å². The number of aryl methyl sites for hydroxylation is 1. The zero-order valence-electron chi connectivity index (χ0n) is 12.7. The fourth-order valence-electron chi connectivity index (χ4n) is 2.95. The summed E-state index contributed by atoms with van der Waals surface area (Å²) in [5.41, 5.74) is 2.75. The molecule has 2 aromatic rings. The highest BCUT2D eigenvalue weighted by Gasteiger charge is 2.24. The Morgan fingerprint density at radius 3 is 2.77 bits per heavy atom. The highest BCUT2D eigenvalue weighted by Crippen LogP contribution is 2.39. The normalized spacial score (nSPS) is 16.0. The molecule has 0 amide bonds. The predicted molar refractivity (Wildman–Crippen MR) is 87.8 cm³/mol. The number of methoxy groups -OCH3 is 1. The lowest BCUT2D eigenvalue weighted by atomic mass is 10.0. The first kappa shape index (κ1) is 15.5. The topological polar surface area (TPSA) is 39.1 Å². The van der Waals surface area contributed by atoms with Crippen molar-refractivity contribution in [3.8, 4) is 17.0 Å². The second-order valence-electron chi connectivity index (χ2n) is 5.52. The molecule has 0 radical (unpaired) electrons. The van der Waals surface area contributed by atoms with Crippen molar-refractivity contribution >= 4 is 15.9 Å². The maximum absolute atomic E-state index is 13.5. The average Bonchev–Trinajstić information content (AvgIpc) is 2.84. The van der Waals surface area contributed by atoms with Crippen LogP contribution in [0, 0.1) is 12.7 Å². The molecule has 0 spiro atoms. The van der Waals surface area contributed by atoms with Crippen LogP contribution < -0.4 is 10.1 Å². The quantitative estimate of drug-likeness (QED) is 0.898. The van der Waals surface area contributed by atoms with E-state index in [1.54, 1.807) is 13.2 Å². The molecule has 1 saturated heterocycles. The second kappa shape index (κ2) is 6.38. The number of hydrogen-bond donors (Lipinski definition) is 1. The SMILES string of the molecule is COc1cc(F)ccc1-c1c(Br)c(C)nn1C1CCNCC1.